The third-order valence-corrected chi connectivity index (χ3v) is 7.18. The summed E-state index contributed by atoms with van der Waals surface area (Å²) in [5.41, 5.74) is 1.99. The van der Waals surface area contributed by atoms with Gasteiger partial charge in [-0.15, -0.1) is 0 Å². The van der Waals surface area contributed by atoms with E-state index in [1.807, 2.05) is 36.4 Å². The van der Waals surface area contributed by atoms with E-state index in [1.54, 1.807) is 24.1 Å². The SMILES string of the molecule is COc1cccc(CC(=O)N2CCN(S(=O)(=O)c3ccc(C(C)C)cc3)CC2)c1. The molecule has 0 unspecified atom stereocenters. The molecule has 1 amide bonds. The fourth-order valence-electron chi connectivity index (χ4n) is 3.42. The molecule has 3 rings (SSSR count). The topological polar surface area (TPSA) is 66.9 Å². The first kappa shape index (κ1) is 21.3. The van der Waals surface area contributed by atoms with Crippen LogP contribution in [0.1, 0.15) is 30.9 Å². The summed E-state index contributed by atoms with van der Waals surface area (Å²) in [4.78, 5) is 14.6. The monoisotopic (exact) mass is 416 g/mol. The minimum Gasteiger partial charge on any atom is -0.497 e. The van der Waals surface area contributed by atoms with Crippen LogP contribution < -0.4 is 4.74 Å². The van der Waals surface area contributed by atoms with Crippen molar-refractivity contribution in [3.8, 4) is 5.75 Å². The van der Waals surface area contributed by atoms with Crippen molar-refractivity contribution in [2.45, 2.75) is 31.1 Å². The van der Waals surface area contributed by atoms with Crippen molar-refractivity contribution >= 4 is 15.9 Å². The van der Waals surface area contributed by atoms with E-state index in [-0.39, 0.29) is 12.3 Å². The van der Waals surface area contributed by atoms with Crippen molar-refractivity contribution in [3.63, 3.8) is 0 Å². The van der Waals surface area contributed by atoms with Crippen LogP contribution in [0.15, 0.2) is 53.4 Å². The average Bonchev–Trinajstić information content (AvgIpc) is 2.74. The maximum absolute atomic E-state index is 12.9. The number of amides is 1. The van der Waals surface area contributed by atoms with E-state index in [2.05, 4.69) is 13.8 Å². The lowest BCUT2D eigenvalue weighted by molar-refractivity contribution is -0.131. The number of carbonyl (C=O) groups excluding carboxylic acids is 1. The van der Waals surface area contributed by atoms with Gasteiger partial charge in [0.1, 0.15) is 5.75 Å². The maximum Gasteiger partial charge on any atom is 0.243 e. The number of sulfonamides is 1. The van der Waals surface area contributed by atoms with Gasteiger partial charge in [-0.25, -0.2) is 8.42 Å². The van der Waals surface area contributed by atoms with Gasteiger partial charge < -0.3 is 9.64 Å². The summed E-state index contributed by atoms with van der Waals surface area (Å²) >= 11 is 0. The molecule has 156 valence electrons. The Labute approximate surface area is 173 Å². The Balaban J connectivity index is 1.61. The second-order valence-electron chi connectivity index (χ2n) is 7.54. The molecule has 6 nitrogen and oxygen atoms in total. The highest BCUT2D eigenvalue weighted by Crippen LogP contribution is 2.21. The highest BCUT2D eigenvalue weighted by molar-refractivity contribution is 7.89. The largest absolute Gasteiger partial charge is 0.497 e. The van der Waals surface area contributed by atoms with Crippen LogP contribution in [-0.2, 0) is 21.2 Å². The van der Waals surface area contributed by atoms with Gasteiger partial charge in [0.25, 0.3) is 0 Å². The van der Waals surface area contributed by atoms with Gasteiger partial charge in [-0.1, -0.05) is 38.1 Å². The minimum absolute atomic E-state index is 0.00316. The van der Waals surface area contributed by atoms with Gasteiger partial charge in [0.2, 0.25) is 15.9 Å². The average molecular weight is 417 g/mol. The molecule has 0 atom stereocenters. The molecule has 1 saturated heterocycles. The zero-order valence-corrected chi connectivity index (χ0v) is 18.0. The van der Waals surface area contributed by atoms with Gasteiger partial charge >= 0.3 is 0 Å². The van der Waals surface area contributed by atoms with Gasteiger partial charge in [0.05, 0.1) is 18.4 Å². The number of carbonyl (C=O) groups is 1. The molecule has 2 aromatic rings. The van der Waals surface area contributed by atoms with Crippen LogP contribution in [-0.4, -0.2) is 56.8 Å². The van der Waals surface area contributed by atoms with Crippen LogP contribution in [0.5, 0.6) is 5.75 Å². The molecule has 1 fully saturated rings. The van der Waals surface area contributed by atoms with Crippen LogP contribution in [0.25, 0.3) is 0 Å². The van der Waals surface area contributed by atoms with Gasteiger partial charge in [0.15, 0.2) is 0 Å². The standard InChI is InChI=1S/C22H28N2O4S/c1-17(2)19-7-9-21(10-8-19)29(26,27)24-13-11-23(12-14-24)22(25)16-18-5-4-6-20(15-18)28-3/h4-10,15,17H,11-14,16H2,1-3H3. The predicted octanol–water partition coefficient (Wildman–Crippen LogP) is 2.89. The first-order valence-electron chi connectivity index (χ1n) is 9.82. The molecule has 0 radical (unpaired) electrons. The summed E-state index contributed by atoms with van der Waals surface area (Å²) < 4.78 is 32.5. The van der Waals surface area contributed by atoms with Gasteiger partial charge in [0, 0.05) is 26.2 Å². The Morgan fingerprint density at radius 1 is 1.03 bits per heavy atom. The zero-order valence-electron chi connectivity index (χ0n) is 17.2. The number of hydrogen-bond acceptors (Lipinski definition) is 4. The second-order valence-corrected chi connectivity index (χ2v) is 9.47. The van der Waals surface area contributed by atoms with Crippen LogP contribution in [0, 0.1) is 0 Å². The molecule has 0 N–H and O–H groups in total. The van der Waals surface area contributed by atoms with E-state index >= 15 is 0 Å². The molecule has 29 heavy (non-hydrogen) atoms. The van der Waals surface area contributed by atoms with E-state index in [0.717, 1.165) is 16.9 Å². The van der Waals surface area contributed by atoms with Gasteiger partial charge in [-0.2, -0.15) is 4.31 Å². The highest BCUT2D eigenvalue weighted by Gasteiger charge is 2.30. The fraction of sp³-hybridized carbons (Fsp3) is 0.409. The molecule has 7 heteroatoms. The lowest BCUT2D eigenvalue weighted by Crippen LogP contribution is -2.50. The lowest BCUT2D eigenvalue weighted by atomic mass is 10.0. The molecule has 2 aromatic carbocycles. The van der Waals surface area contributed by atoms with E-state index < -0.39 is 10.0 Å². The molecular weight excluding hydrogens is 388 g/mol. The summed E-state index contributed by atoms with van der Waals surface area (Å²) in [5, 5.41) is 0. The van der Waals surface area contributed by atoms with Crippen molar-refractivity contribution in [2.75, 3.05) is 33.3 Å². The Hall–Kier alpha value is -2.38. The van der Waals surface area contributed by atoms with Crippen LogP contribution >= 0.6 is 0 Å². The Kier molecular flexibility index (Phi) is 6.59. The summed E-state index contributed by atoms with van der Waals surface area (Å²) in [6.45, 7) is 5.55. The van der Waals surface area contributed by atoms with E-state index in [9.17, 15) is 13.2 Å². The number of nitrogens with zero attached hydrogens (tertiary/aromatic N) is 2. The number of piperazine rings is 1. The molecule has 0 saturated carbocycles. The Morgan fingerprint density at radius 3 is 2.28 bits per heavy atom. The predicted molar refractivity (Wildman–Crippen MR) is 113 cm³/mol. The number of ether oxygens (including phenoxy) is 1. The second kappa shape index (κ2) is 8.97. The number of methoxy groups -OCH3 is 1. The quantitative estimate of drug-likeness (QED) is 0.726. The van der Waals surface area contributed by atoms with Crippen LogP contribution in [0.2, 0.25) is 0 Å². The lowest BCUT2D eigenvalue weighted by Gasteiger charge is -2.34. The number of rotatable bonds is 6. The fourth-order valence-corrected chi connectivity index (χ4v) is 4.84. The maximum atomic E-state index is 12.9. The van der Waals surface area contributed by atoms with Crippen LogP contribution in [0.3, 0.4) is 0 Å². The highest BCUT2D eigenvalue weighted by atomic mass is 32.2. The molecule has 0 aromatic heterocycles. The van der Waals surface area contributed by atoms with Crippen molar-refractivity contribution in [1.29, 1.82) is 0 Å². The van der Waals surface area contributed by atoms with Crippen molar-refractivity contribution in [2.24, 2.45) is 0 Å². The first-order chi connectivity index (χ1) is 13.8. The Bertz CT molecular complexity index is 947. The molecule has 0 bridgehead atoms. The van der Waals surface area contributed by atoms with Crippen molar-refractivity contribution < 1.29 is 17.9 Å². The van der Waals surface area contributed by atoms with Gasteiger partial charge in [-0.05, 0) is 41.3 Å². The van der Waals surface area contributed by atoms with Crippen molar-refractivity contribution in [3.05, 3.63) is 59.7 Å². The summed E-state index contributed by atoms with van der Waals surface area (Å²) in [7, 11) is -1.95. The number of hydrogen-bond donors (Lipinski definition) is 0. The zero-order chi connectivity index (χ0) is 21.0. The van der Waals surface area contributed by atoms with Crippen LogP contribution in [0.4, 0.5) is 0 Å². The minimum atomic E-state index is -3.54. The summed E-state index contributed by atoms with van der Waals surface area (Å²) in [6, 6.07) is 14.5. The van der Waals surface area contributed by atoms with Gasteiger partial charge in [-0.3, -0.25) is 4.79 Å². The smallest absolute Gasteiger partial charge is 0.243 e. The first-order valence-corrected chi connectivity index (χ1v) is 11.3. The third kappa shape index (κ3) is 4.97. The number of benzene rings is 2. The molecule has 1 heterocycles. The summed E-state index contributed by atoms with van der Waals surface area (Å²) in [6.07, 6.45) is 0.278. The molecular formula is C22H28N2O4S. The Morgan fingerprint density at radius 2 is 1.69 bits per heavy atom. The van der Waals surface area contributed by atoms with E-state index in [1.165, 1.54) is 4.31 Å². The molecule has 0 spiro atoms. The van der Waals surface area contributed by atoms with E-state index in [0.29, 0.717) is 37.0 Å². The molecule has 1 aliphatic heterocycles. The normalized spacial score (nSPS) is 15.5. The van der Waals surface area contributed by atoms with Crippen molar-refractivity contribution in [1.82, 2.24) is 9.21 Å². The summed E-state index contributed by atoms with van der Waals surface area (Å²) in [5.74, 6) is 1.07. The van der Waals surface area contributed by atoms with E-state index in [4.69, 9.17) is 4.74 Å². The molecule has 1 aliphatic rings. The molecule has 0 aliphatic carbocycles. The third-order valence-electron chi connectivity index (χ3n) is 5.27.